The first-order valence-electron chi connectivity index (χ1n) is 12.6. The monoisotopic (exact) mass is 527 g/mol. The molecule has 14 heteroatoms. The second-order valence-corrected chi connectivity index (χ2v) is 9.79. The number of nitrogens with zero attached hydrogens (tertiary/aromatic N) is 5. The van der Waals surface area contributed by atoms with Gasteiger partial charge in [-0.1, -0.05) is 0 Å². The van der Waals surface area contributed by atoms with Gasteiger partial charge in [-0.2, -0.15) is 0 Å². The van der Waals surface area contributed by atoms with Crippen molar-refractivity contribution in [3.05, 3.63) is 0 Å². The molecule has 0 radical (unpaired) electrons. The van der Waals surface area contributed by atoms with E-state index < -0.39 is 35.9 Å². The molecule has 2 aliphatic rings. The second-order valence-electron chi connectivity index (χ2n) is 9.79. The summed E-state index contributed by atoms with van der Waals surface area (Å²) in [5.41, 5.74) is 0. The first-order chi connectivity index (χ1) is 17.5. The third-order valence-electron chi connectivity index (χ3n) is 6.85. The normalized spacial score (nSPS) is 22.1. The van der Waals surface area contributed by atoms with Crippen LogP contribution in [0.25, 0.3) is 0 Å². The Morgan fingerprint density at radius 2 is 0.865 bits per heavy atom. The molecule has 0 bridgehead atoms. The number of hydrogen-bond acceptors (Lipinski definition) is 14. The molecule has 1 atom stereocenters. The molecule has 0 aromatic carbocycles. The van der Waals surface area contributed by atoms with Crippen molar-refractivity contribution in [2.45, 2.75) is 18.9 Å². The van der Waals surface area contributed by atoms with Crippen LogP contribution >= 0.6 is 0 Å². The number of piperidine rings is 1. The van der Waals surface area contributed by atoms with Gasteiger partial charge in [0.05, 0.1) is 24.0 Å². The molecular formula is C23H37N5O9-4. The number of likely N-dealkylation sites (tertiary alicyclic amines) is 1. The number of rotatable bonds is 11. The fraction of sp³-hybridized carbons (Fsp3) is 0.826. The van der Waals surface area contributed by atoms with Crippen molar-refractivity contribution in [1.82, 2.24) is 24.5 Å². The molecule has 0 amide bonds. The highest BCUT2D eigenvalue weighted by molar-refractivity contribution is 5.68. The first-order valence-corrected chi connectivity index (χ1v) is 12.6. The molecule has 2 rings (SSSR count). The van der Waals surface area contributed by atoms with Crippen molar-refractivity contribution in [3.63, 3.8) is 0 Å². The van der Waals surface area contributed by atoms with E-state index >= 15 is 0 Å². The lowest BCUT2D eigenvalue weighted by molar-refractivity contribution is -0.313. The van der Waals surface area contributed by atoms with Crippen molar-refractivity contribution in [3.8, 4) is 0 Å². The zero-order chi connectivity index (χ0) is 27.4. The van der Waals surface area contributed by atoms with Crippen molar-refractivity contribution in [2.24, 2.45) is 5.92 Å². The fourth-order valence-corrected chi connectivity index (χ4v) is 4.79. The Labute approximate surface area is 216 Å². The molecule has 212 valence electrons. The van der Waals surface area contributed by atoms with Crippen LogP contribution in [-0.4, -0.2) is 158 Å². The molecule has 2 aliphatic heterocycles. The van der Waals surface area contributed by atoms with Gasteiger partial charge in [-0.15, -0.1) is 0 Å². The summed E-state index contributed by atoms with van der Waals surface area (Å²) in [5.74, 6) is -5.33. The number of carbonyl (C=O) groups excluding carboxylic acids is 4. The van der Waals surface area contributed by atoms with Gasteiger partial charge in [-0.05, 0) is 25.9 Å². The minimum Gasteiger partial charge on any atom is -0.550 e. The van der Waals surface area contributed by atoms with Crippen LogP contribution < -0.4 is 20.4 Å². The van der Waals surface area contributed by atoms with Gasteiger partial charge in [0.2, 0.25) is 0 Å². The molecular weight excluding hydrogens is 490 g/mol. The highest BCUT2D eigenvalue weighted by Crippen LogP contribution is 2.16. The number of aliphatic hydroxyl groups is 1. The Balaban J connectivity index is 2.03. The van der Waals surface area contributed by atoms with Gasteiger partial charge in [0.1, 0.15) is 0 Å². The molecule has 0 aromatic rings. The lowest BCUT2D eigenvalue weighted by Gasteiger charge is -2.36. The zero-order valence-corrected chi connectivity index (χ0v) is 21.1. The average Bonchev–Trinajstić information content (AvgIpc) is 2.80. The van der Waals surface area contributed by atoms with Crippen LogP contribution in [0.2, 0.25) is 0 Å². The SMILES string of the molecule is O=C([O-])CN1CCN(CC(=O)[O-])CCN(CC(O)CN2CCC(C(=O)[O-])CC2)CCN(CC(=O)[O-])CC1. The van der Waals surface area contributed by atoms with Gasteiger partial charge in [-0.25, -0.2) is 0 Å². The lowest BCUT2D eigenvalue weighted by Crippen LogP contribution is -2.52. The van der Waals surface area contributed by atoms with Crippen molar-refractivity contribution in [2.75, 3.05) is 98.2 Å². The van der Waals surface area contributed by atoms with E-state index in [2.05, 4.69) is 0 Å². The number of β-amino-alcohol motifs (C(OH)–C–C–N with tert-alkyl or cyclic N) is 1. The van der Waals surface area contributed by atoms with E-state index in [-0.39, 0.29) is 52.4 Å². The van der Waals surface area contributed by atoms with E-state index in [9.17, 15) is 44.7 Å². The molecule has 0 spiro atoms. The molecule has 1 N–H and O–H groups in total. The zero-order valence-electron chi connectivity index (χ0n) is 21.1. The Hall–Kier alpha value is -2.36. The summed E-state index contributed by atoms with van der Waals surface area (Å²) in [6.45, 7) is 3.05. The van der Waals surface area contributed by atoms with E-state index in [0.29, 0.717) is 58.7 Å². The second kappa shape index (κ2) is 15.8. The number of carboxylic acid groups (broad SMARTS) is 4. The van der Waals surface area contributed by atoms with Gasteiger partial charge in [0.15, 0.2) is 0 Å². The average molecular weight is 528 g/mol. The predicted molar refractivity (Wildman–Crippen MR) is 121 cm³/mol. The Morgan fingerprint density at radius 3 is 1.16 bits per heavy atom. The number of aliphatic carboxylic acids is 4. The van der Waals surface area contributed by atoms with E-state index in [1.54, 1.807) is 14.7 Å². The summed E-state index contributed by atoms with van der Waals surface area (Å²) in [5, 5.41) is 55.4. The van der Waals surface area contributed by atoms with E-state index in [4.69, 9.17) is 0 Å². The minimum atomic E-state index is -1.28. The quantitative estimate of drug-likeness (QED) is 0.266. The smallest absolute Gasteiger partial charge is 0.0793 e. The largest absolute Gasteiger partial charge is 0.550 e. The molecule has 0 saturated carbocycles. The van der Waals surface area contributed by atoms with Crippen LogP contribution in [0.15, 0.2) is 0 Å². The van der Waals surface area contributed by atoms with Gasteiger partial charge in [0, 0.05) is 97.0 Å². The number of aliphatic hydroxyl groups excluding tert-OH is 1. The minimum absolute atomic E-state index is 0.241. The lowest BCUT2D eigenvalue weighted by atomic mass is 9.97. The third-order valence-corrected chi connectivity index (χ3v) is 6.85. The maximum absolute atomic E-state index is 11.3. The van der Waals surface area contributed by atoms with Crippen LogP contribution in [0.1, 0.15) is 12.8 Å². The molecule has 0 aromatic heterocycles. The van der Waals surface area contributed by atoms with E-state index in [1.807, 2.05) is 9.80 Å². The Bertz CT molecular complexity index is 731. The third kappa shape index (κ3) is 12.6. The highest BCUT2D eigenvalue weighted by atomic mass is 16.4. The standard InChI is InChI=1S/C23H41N5O9/c29-19(13-24-3-1-18(2-4-24)23(36)37)14-25-5-7-26(15-20(30)31)9-11-28(17-22(34)35)12-10-27(8-6-25)16-21(32)33/h18-19,29H,1-17H2,(H,30,31)(H,32,33)(H,34,35)(H,36,37)/p-4. The number of carboxylic acids is 4. The van der Waals surface area contributed by atoms with Crippen molar-refractivity contribution < 1.29 is 44.7 Å². The molecule has 2 saturated heterocycles. The van der Waals surface area contributed by atoms with E-state index in [1.165, 1.54) is 0 Å². The summed E-state index contributed by atoms with van der Waals surface area (Å²) < 4.78 is 0. The van der Waals surface area contributed by atoms with Gasteiger partial charge in [0.25, 0.3) is 0 Å². The van der Waals surface area contributed by atoms with Crippen LogP contribution in [0.3, 0.4) is 0 Å². The Kier molecular flexibility index (Phi) is 13.2. The number of carbonyl (C=O) groups is 4. The first kappa shape index (κ1) is 30.9. The summed E-state index contributed by atoms with van der Waals surface area (Å²) in [4.78, 5) is 53.5. The summed E-state index contributed by atoms with van der Waals surface area (Å²) >= 11 is 0. The maximum atomic E-state index is 11.3. The van der Waals surface area contributed by atoms with Crippen LogP contribution in [-0.2, 0) is 19.2 Å². The highest BCUT2D eigenvalue weighted by Gasteiger charge is 2.23. The molecule has 0 aliphatic carbocycles. The Morgan fingerprint density at radius 1 is 0.568 bits per heavy atom. The number of hydrogen-bond donors (Lipinski definition) is 1. The van der Waals surface area contributed by atoms with Crippen molar-refractivity contribution in [1.29, 1.82) is 0 Å². The summed E-state index contributed by atoms with van der Waals surface area (Å²) in [6, 6.07) is 0. The molecule has 2 fully saturated rings. The maximum Gasteiger partial charge on any atom is 0.0793 e. The molecule has 37 heavy (non-hydrogen) atoms. The summed E-state index contributed by atoms with van der Waals surface area (Å²) in [7, 11) is 0. The van der Waals surface area contributed by atoms with Crippen LogP contribution in [0.4, 0.5) is 0 Å². The topological polar surface area (TPSA) is 197 Å². The summed E-state index contributed by atoms with van der Waals surface area (Å²) in [6.07, 6.45) is 0.170. The van der Waals surface area contributed by atoms with Gasteiger partial charge in [-0.3, -0.25) is 19.6 Å². The van der Waals surface area contributed by atoms with E-state index in [0.717, 1.165) is 0 Å². The predicted octanol–water partition coefficient (Wildman–Crippen LogP) is -7.72. The van der Waals surface area contributed by atoms with Crippen LogP contribution in [0, 0.1) is 5.92 Å². The molecule has 2 heterocycles. The van der Waals surface area contributed by atoms with Crippen molar-refractivity contribution >= 4 is 23.9 Å². The van der Waals surface area contributed by atoms with Gasteiger partial charge >= 0.3 is 0 Å². The fourth-order valence-electron chi connectivity index (χ4n) is 4.79. The van der Waals surface area contributed by atoms with Crippen LogP contribution in [0.5, 0.6) is 0 Å². The molecule has 14 nitrogen and oxygen atoms in total. The van der Waals surface area contributed by atoms with Gasteiger partial charge < -0.3 is 49.6 Å². The molecule has 1 unspecified atom stereocenters.